The van der Waals surface area contributed by atoms with Gasteiger partial charge in [-0.2, -0.15) is 0 Å². The van der Waals surface area contributed by atoms with Crippen molar-refractivity contribution in [3.8, 4) is 0 Å². The van der Waals surface area contributed by atoms with Gasteiger partial charge in [0.15, 0.2) is 0 Å². The molecule has 0 nitrogen and oxygen atoms in total. The van der Waals surface area contributed by atoms with Crippen LogP contribution in [0.1, 0.15) is 85.5 Å². The number of rotatable bonds is 5. The third-order valence-electron chi connectivity index (χ3n) is 4.58. The lowest BCUT2D eigenvalue weighted by molar-refractivity contribution is 0.425. The number of hydrogen-bond acceptors (Lipinski definition) is 0. The molecule has 2 atom stereocenters. The Kier molecular flexibility index (Phi) is 9.46. The molecule has 0 aromatic carbocycles. The minimum absolute atomic E-state index is 0.812. The van der Waals surface area contributed by atoms with Crippen LogP contribution in [0, 0.1) is 11.8 Å². The van der Waals surface area contributed by atoms with Gasteiger partial charge in [-0.25, -0.2) is 0 Å². The molecule has 0 amide bonds. The molecule has 120 valence electrons. The van der Waals surface area contributed by atoms with Crippen molar-refractivity contribution in [2.24, 2.45) is 11.8 Å². The SMILES string of the molecule is CCC.CCCCCC1=CCC(C2=CC=CCC2)C[C@H]1C. The number of hydrogen-bond donors (Lipinski definition) is 0. The zero-order chi connectivity index (χ0) is 15.5. The van der Waals surface area contributed by atoms with Gasteiger partial charge in [0.05, 0.1) is 0 Å². The van der Waals surface area contributed by atoms with E-state index in [-0.39, 0.29) is 0 Å². The number of allylic oxidation sites excluding steroid dienone is 6. The molecule has 0 aromatic rings. The maximum atomic E-state index is 2.56. The molecular formula is C21H36. The van der Waals surface area contributed by atoms with E-state index in [0.29, 0.717) is 0 Å². The molecule has 0 saturated carbocycles. The Morgan fingerprint density at radius 2 is 1.90 bits per heavy atom. The molecule has 1 unspecified atom stereocenters. The minimum Gasteiger partial charge on any atom is -0.0845 e. The first kappa shape index (κ1) is 18.3. The van der Waals surface area contributed by atoms with Gasteiger partial charge >= 0.3 is 0 Å². The van der Waals surface area contributed by atoms with Crippen molar-refractivity contribution < 1.29 is 0 Å². The third-order valence-corrected chi connectivity index (χ3v) is 4.58. The van der Waals surface area contributed by atoms with Crippen LogP contribution in [0.25, 0.3) is 0 Å². The second-order valence-corrected chi connectivity index (χ2v) is 6.72. The van der Waals surface area contributed by atoms with Crippen molar-refractivity contribution in [2.75, 3.05) is 0 Å². The van der Waals surface area contributed by atoms with Gasteiger partial charge < -0.3 is 0 Å². The topological polar surface area (TPSA) is 0 Å². The summed E-state index contributed by atoms with van der Waals surface area (Å²) in [4.78, 5) is 0. The fraction of sp³-hybridized carbons (Fsp3) is 0.714. The highest BCUT2D eigenvalue weighted by Gasteiger charge is 2.23. The summed E-state index contributed by atoms with van der Waals surface area (Å²) in [5.74, 6) is 1.65. The van der Waals surface area contributed by atoms with E-state index in [0.717, 1.165) is 11.8 Å². The van der Waals surface area contributed by atoms with Gasteiger partial charge in [0.2, 0.25) is 0 Å². The highest BCUT2D eigenvalue weighted by Crippen LogP contribution is 2.37. The monoisotopic (exact) mass is 288 g/mol. The van der Waals surface area contributed by atoms with E-state index in [9.17, 15) is 0 Å². The molecule has 2 rings (SSSR count). The molecule has 0 aromatic heterocycles. The summed E-state index contributed by atoms with van der Waals surface area (Å²) >= 11 is 0. The Bertz CT molecular complexity index is 356. The van der Waals surface area contributed by atoms with Gasteiger partial charge in [0, 0.05) is 0 Å². The van der Waals surface area contributed by atoms with Crippen LogP contribution < -0.4 is 0 Å². The molecular weight excluding hydrogens is 252 g/mol. The lowest BCUT2D eigenvalue weighted by Crippen LogP contribution is -2.16. The summed E-state index contributed by atoms with van der Waals surface area (Å²) in [5.41, 5.74) is 3.44. The minimum atomic E-state index is 0.812. The van der Waals surface area contributed by atoms with Crippen molar-refractivity contribution >= 4 is 0 Å². The Hall–Kier alpha value is -0.780. The van der Waals surface area contributed by atoms with Gasteiger partial charge in [0.1, 0.15) is 0 Å². The normalized spacial score (nSPS) is 24.8. The summed E-state index contributed by atoms with van der Waals surface area (Å²) in [6, 6.07) is 0. The molecule has 0 heterocycles. The fourth-order valence-corrected chi connectivity index (χ4v) is 3.36. The molecule has 0 spiro atoms. The molecule has 0 heteroatoms. The second kappa shape index (κ2) is 10.9. The van der Waals surface area contributed by atoms with Crippen molar-refractivity contribution in [3.05, 3.63) is 35.5 Å². The van der Waals surface area contributed by atoms with Crippen molar-refractivity contribution in [1.82, 2.24) is 0 Å². The Morgan fingerprint density at radius 1 is 1.14 bits per heavy atom. The molecule has 0 fully saturated rings. The quantitative estimate of drug-likeness (QED) is 0.369. The van der Waals surface area contributed by atoms with Gasteiger partial charge in [-0.1, -0.05) is 82.4 Å². The van der Waals surface area contributed by atoms with Crippen LogP contribution in [-0.4, -0.2) is 0 Å². The van der Waals surface area contributed by atoms with Crippen LogP contribution in [0.3, 0.4) is 0 Å². The Morgan fingerprint density at radius 3 is 2.48 bits per heavy atom. The smallest absolute Gasteiger partial charge is 0.0160 e. The first-order chi connectivity index (χ1) is 10.2. The van der Waals surface area contributed by atoms with Crippen LogP contribution in [0.4, 0.5) is 0 Å². The van der Waals surface area contributed by atoms with Gasteiger partial charge in [-0.05, 0) is 50.4 Å². The van der Waals surface area contributed by atoms with Crippen LogP contribution >= 0.6 is 0 Å². The standard InChI is InChI=1S/C18H28.C3H8/c1-3-4-6-9-16-12-13-18(14-15(16)2)17-10-7-5-8-11-17;1-3-2/h5,7,10,12,15,18H,3-4,6,8-9,11,13-14H2,1-2H3;3H2,1-2H3/t15-,18?;/m1./s1. The lowest BCUT2D eigenvalue weighted by Gasteiger charge is -2.30. The molecule has 2 aliphatic rings. The number of unbranched alkanes of at least 4 members (excludes halogenated alkanes) is 2. The van der Waals surface area contributed by atoms with E-state index >= 15 is 0 Å². The zero-order valence-electron chi connectivity index (χ0n) is 14.8. The fourth-order valence-electron chi connectivity index (χ4n) is 3.36. The average Bonchev–Trinajstić information content (AvgIpc) is 2.51. The molecule has 2 aliphatic carbocycles. The lowest BCUT2D eigenvalue weighted by atomic mass is 9.75. The van der Waals surface area contributed by atoms with Crippen LogP contribution in [0.5, 0.6) is 0 Å². The predicted octanol–water partition coefficient (Wildman–Crippen LogP) is 7.23. The predicted molar refractivity (Wildman–Crippen MR) is 96.5 cm³/mol. The first-order valence-electron chi connectivity index (χ1n) is 9.27. The summed E-state index contributed by atoms with van der Waals surface area (Å²) in [6.07, 6.45) is 21.4. The first-order valence-corrected chi connectivity index (χ1v) is 9.27. The summed E-state index contributed by atoms with van der Waals surface area (Å²) in [6.45, 7) is 8.97. The van der Waals surface area contributed by atoms with E-state index in [1.54, 1.807) is 11.1 Å². The second-order valence-electron chi connectivity index (χ2n) is 6.72. The maximum absolute atomic E-state index is 2.56. The van der Waals surface area contributed by atoms with E-state index in [2.05, 4.69) is 52.0 Å². The van der Waals surface area contributed by atoms with Gasteiger partial charge in [-0.3, -0.25) is 0 Å². The van der Waals surface area contributed by atoms with Crippen LogP contribution in [0.15, 0.2) is 35.5 Å². The van der Waals surface area contributed by atoms with E-state index < -0.39 is 0 Å². The van der Waals surface area contributed by atoms with Crippen molar-refractivity contribution in [3.63, 3.8) is 0 Å². The van der Waals surface area contributed by atoms with E-state index in [1.807, 2.05) is 0 Å². The van der Waals surface area contributed by atoms with Gasteiger partial charge in [0.25, 0.3) is 0 Å². The van der Waals surface area contributed by atoms with Crippen LogP contribution in [-0.2, 0) is 0 Å². The summed E-state index contributed by atoms with van der Waals surface area (Å²) in [5, 5.41) is 0. The molecule has 0 radical (unpaired) electrons. The molecule has 21 heavy (non-hydrogen) atoms. The highest BCUT2D eigenvalue weighted by molar-refractivity contribution is 5.23. The summed E-state index contributed by atoms with van der Waals surface area (Å²) < 4.78 is 0. The molecule has 0 saturated heterocycles. The van der Waals surface area contributed by atoms with Crippen molar-refractivity contribution in [2.45, 2.75) is 85.5 Å². The molecule has 0 aliphatic heterocycles. The van der Waals surface area contributed by atoms with Gasteiger partial charge in [-0.15, -0.1) is 0 Å². The Balaban J connectivity index is 0.000000677. The summed E-state index contributed by atoms with van der Waals surface area (Å²) in [7, 11) is 0. The molecule has 0 bridgehead atoms. The largest absolute Gasteiger partial charge is 0.0845 e. The zero-order valence-corrected chi connectivity index (χ0v) is 14.8. The van der Waals surface area contributed by atoms with Crippen molar-refractivity contribution in [1.29, 1.82) is 0 Å². The third kappa shape index (κ3) is 6.68. The molecule has 0 N–H and O–H groups in total. The van der Waals surface area contributed by atoms with E-state index in [4.69, 9.17) is 0 Å². The van der Waals surface area contributed by atoms with Crippen LogP contribution in [0.2, 0.25) is 0 Å². The maximum Gasteiger partial charge on any atom is -0.0160 e. The highest BCUT2D eigenvalue weighted by atomic mass is 14.3. The van der Waals surface area contributed by atoms with E-state index in [1.165, 1.54) is 57.8 Å². The average molecular weight is 289 g/mol. The Labute approximate surface area is 133 Å².